The molecule has 1 atom stereocenters. The minimum atomic E-state index is -0.373. The Morgan fingerprint density at radius 2 is 2.04 bits per heavy atom. The number of nitrogens with zero attached hydrogens (tertiary/aromatic N) is 2. The molecule has 26 heavy (non-hydrogen) atoms. The summed E-state index contributed by atoms with van der Waals surface area (Å²) in [5.41, 5.74) is 1.24. The second-order valence-electron chi connectivity index (χ2n) is 6.46. The second kappa shape index (κ2) is 9.65. The molecule has 0 aromatic carbocycles. The van der Waals surface area contributed by atoms with Crippen LogP contribution in [0.2, 0.25) is 0 Å². The van der Waals surface area contributed by atoms with Gasteiger partial charge in [-0.3, -0.25) is 19.7 Å². The van der Waals surface area contributed by atoms with Crippen molar-refractivity contribution in [3.63, 3.8) is 0 Å². The van der Waals surface area contributed by atoms with Gasteiger partial charge in [0.2, 0.25) is 12.3 Å². The average molecular weight is 360 g/mol. The first-order valence-corrected chi connectivity index (χ1v) is 8.73. The van der Waals surface area contributed by atoms with Crippen LogP contribution in [-0.4, -0.2) is 48.6 Å². The summed E-state index contributed by atoms with van der Waals surface area (Å²) in [5, 5.41) is 4.85. The molecular formula is C18H24N4O4. The SMILES string of the molecule is CC(CCC(=O)NC=O)NC(=O)c1ccc(N2CCC(C=O)CC2)cn1. The van der Waals surface area contributed by atoms with Crippen LogP contribution < -0.4 is 15.5 Å². The Labute approximate surface area is 152 Å². The van der Waals surface area contributed by atoms with E-state index in [9.17, 15) is 19.2 Å². The maximum absolute atomic E-state index is 12.2. The number of nitrogens with one attached hydrogen (secondary N) is 2. The van der Waals surface area contributed by atoms with E-state index >= 15 is 0 Å². The van der Waals surface area contributed by atoms with E-state index in [-0.39, 0.29) is 30.2 Å². The second-order valence-corrected chi connectivity index (χ2v) is 6.46. The largest absolute Gasteiger partial charge is 0.370 e. The molecule has 2 N–H and O–H groups in total. The van der Waals surface area contributed by atoms with Crippen molar-refractivity contribution in [2.75, 3.05) is 18.0 Å². The molecule has 1 saturated heterocycles. The van der Waals surface area contributed by atoms with Crippen LogP contribution >= 0.6 is 0 Å². The van der Waals surface area contributed by atoms with E-state index in [1.165, 1.54) is 0 Å². The number of hydrogen-bond donors (Lipinski definition) is 2. The van der Waals surface area contributed by atoms with Gasteiger partial charge in [-0.2, -0.15) is 0 Å². The topological polar surface area (TPSA) is 108 Å². The Morgan fingerprint density at radius 3 is 2.62 bits per heavy atom. The number of carbonyl (C=O) groups is 4. The van der Waals surface area contributed by atoms with E-state index in [0.717, 1.165) is 37.9 Å². The van der Waals surface area contributed by atoms with Crippen LogP contribution in [0.5, 0.6) is 0 Å². The third kappa shape index (κ3) is 5.65. The van der Waals surface area contributed by atoms with Gasteiger partial charge in [0.15, 0.2) is 0 Å². The fraction of sp³-hybridized carbons (Fsp3) is 0.500. The molecule has 1 aromatic rings. The third-order valence-corrected chi connectivity index (χ3v) is 4.48. The van der Waals surface area contributed by atoms with E-state index in [4.69, 9.17) is 0 Å². The zero-order valence-electron chi connectivity index (χ0n) is 14.8. The smallest absolute Gasteiger partial charge is 0.270 e. The molecule has 1 unspecified atom stereocenters. The van der Waals surface area contributed by atoms with E-state index in [0.29, 0.717) is 18.5 Å². The van der Waals surface area contributed by atoms with Gasteiger partial charge in [0, 0.05) is 31.5 Å². The first-order chi connectivity index (χ1) is 12.5. The van der Waals surface area contributed by atoms with Crippen molar-refractivity contribution in [1.29, 1.82) is 0 Å². The lowest BCUT2D eigenvalue weighted by atomic mass is 9.98. The summed E-state index contributed by atoms with van der Waals surface area (Å²) in [5.74, 6) is -0.541. The number of anilines is 1. The predicted octanol–water partition coefficient (Wildman–Crippen LogP) is 0.668. The van der Waals surface area contributed by atoms with E-state index in [1.54, 1.807) is 19.2 Å². The highest BCUT2D eigenvalue weighted by atomic mass is 16.2. The molecule has 0 spiro atoms. The molecule has 140 valence electrons. The molecule has 2 heterocycles. The normalized spacial score (nSPS) is 15.8. The number of imide groups is 1. The van der Waals surface area contributed by atoms with Gasteiger partial charge >= 0.3 is 0 Å². The van der Waals surface area contributed by atoms with Gasteiger partial charge < -0.3 is 15.0 Å². The number of piperidine rings is 1. The molecule has 1 aliphatic heterocycles. The minimum absolute atomic E-state index is 0.138. The molecule has 0 aliphatic carbocycles. The molecule has 3 amide bonds. The highest BCUT2D eigenvalue weighted by molar-refractivity contribution is 5.92. The van der Waals surface area contributed by atoms with Crippen LogP contribution in [0.1, 0.15) is 43.1 Å². The summed E-state index contributed by atoms with van der Waals surface area (Å²) in [6, 6.07) is 3.30. The molecule has 1 aliphatic rings. The van der Waals surface area contributed by atoms with E-state index < -0.39 is 0 Å². The van der Waals surface area contributed by atoms with Gasteiger partial charge in [-0.05, 0) is 38.3 Å². The maximum atomic E-state index is 12.2. The number of rotatable bonds is 8. The molecule has 8 heteroatoms. The van der Waals surface area contributed by atoms with Crippen LogP contribution in [0, 0.1) is 5.92 Å². The Bertz CT molecular complexity index is 639. The monoisotopic (exact) mass is 360 g/mol. The summed E-state index contributed by atoms with van der Waals surface area (Å²) in [7, 11) is 0. The van der Waals surface area contributed by atoms with Crippen molar-refractivity contribution in [3.05, 3.63) is 24.0 Å². The zero-order chi connectivity index (χ0) is 18.9. The molecule has 0 saturated carbocycles. The van der Waals surface area contributed by atoms with Gasteiger partial charge in [0.05, 0.1) is 11.9 Å². The Kier molecular flexibility index (Phi) is 7.25. The minimum Gasteiger partial charge on any atom is -0.370 e. The van der Waals surface area contributed by atoms with Crippen molar-refractivity contribution < 1.29 is 19.2 Å². The third-order valence-electron chi connectivity index (χ3n) is 4.48. The van der Waals surface area contributed by atoms with Crippen molar-refractivity contribution in [2.45, 2.75) is 38.6 Å². The van der Waals surface area contributed by atoms with Crippen LogP contribution in [0.25, 0.3) is 0 Å². The number of aromatic nitrogens is 1. The number of carbonyl (C=O) groups excluding carboxylic acids is 4. The lowest BCUT2D eigenvalue weighted by Gasteiger charge is -2.31. The highest BCUT2D eigenvalue weighted by Gasteiger charge is 2.19. The van der Waals surface area contributed by atoms with Crippen molar-refractivity contribution >= 4 is 30.2 Å². The predicted molar refractivity (Wildman–Crippen MR) is 95.6 cm³/mol. The molecule has 0 bridgehead atoms. The quantitative estimate of drug-likeness (QED) is 0.660. The van der Waals surface area contributed by atoms with Crippen molar-refractivity contribution in [3.8, 4) is 0 Å². The lowest BCUT2D eigenvalue weighted by molar-refractivity contribution is -0.125. The van der Waals surface area contributed by atoms with Crippen LogP contribution in [0.3, 0.4) is 0 Å². The number of amides is 3. The van der Waals surface area contributed by atoms with Gasteiger partial charge in [-0.25, -0.2) is 4.98 Å². The summed E-state index contributed by atoms with van der Waals surface area (Å²) < 4.78 is 0. The Hall–Kier alpha value is -2.77. The van der Waals surface area contributed by atoms with Crippen LogP contribution in [0.15, 0.2) is 18.3 Å². The van der Waals surface area contributed by atoms with Crippen molar-refractivity contribution in [2.24, 2.45) is 5.92 Å². The Morgan fingerprint density at radius 1 is 1.31 bits per heavy atom. The van der Waals surface area contributed by atoms with E-state index in [2.05, 4.69) is 20.5 Å². The molecule has 1 fully saturated rings. The van der Waals surface area contributed by atoms with Crippen molar-refractivity contribution in [1.82, 2.24) is 15.6 Å². The van der Waals surface area contributed by atoms with E-state index in [1.807, 2.05) is 6.07 Å². The summed E-state index contributed by atoms with van der Waals surface area (Å²) >= 11 is 0. The summed E-state index contributed by atoms with van der Waals surface area (Å²) in [6.07, 6.45) is 5.28. The number of hydrogen-bond acceptors (Lipinski definition) is 6. The lowest BCUT2D eigenvalue weighted by Crippen LogP contribution is -2.35. The highest BCUT2D eigenvalue weighted by Crippen LogP contribution is 2.21. The first kappa shape index (κ1) is 19.6. The Balaban J connectivity index is 1.83. The standard InChI is InChI=1S/C18H24N4O4/c1-13(2-5-17(25)20-12-24)21-18(26)16-4-3-15(10-19-16)22-8-6-14(11-23)7-9-22/h3-4,10-14H,2,5-9H2,1H3,(H,21,26)(H,20,24,25). The maximum Gasteiger partial charge on any atom is 0.270 e. The molecule has 2 rings (SSSR count). The summed E-state index contributed by atoms with van der Waals surface area (Å²) in [6.45, 7) is 3.39. The van der Waals surface area contributed by atoms with Gasteiger partial charge in [-0.15, -0.1) is 0 Å². The van der Waals surface area contributed by atoms with Gasteiger partial charge in [0.1, 0.15) is 12.0 Å². The first-order valence-electron chi connectivity index (χ1n) is 8.73. The molecule has 1 aromatic heterocycles. The van der Waals surface area contributed by atoms with Gasteiger partial charge in [-0.1, -0.05) is 0 Å². The van der Waals surface area contributed by atoms with Crippen LogP contribution in [0.4, 0.5) is 5.69 Å². The number of pyridine rings is 1. The van der Waals surface area contributed by atoms with Gasteiger partial charge in [0.25, 0.3) is 5.91 Å². The number of aldehydes is 1. The molecule has 0 radical (unpaired) electrons. The fourth-order valence-corrected chi connectivity index (χ4v) is 2.86. The zero-order valence-corrected chi connectivity index (χ0v) is 14.8. The molecule has 8 nitrogen and oxygen atoms in total. The summed E-state index contributed by atoms with van der Waals surface area (Å²) in [4.78, 5) is 50.8. The average Bonchev–Trinajstić information content (AvgIpc) is 2.67. The molecular weight excluding hydrogens is 336 g/mol. The van der Waals surface area contributed by atoms with Crippen LogP contribution in [-0.2, 0) is 14.4 Å². The fourth-order valence-electron chi connectivity index (χ4n) is 2.86.